The van der Waals surface area contributed by atoms with E-state index in [1.165, 1.54) is 0 Å². The van der Waals surface area contributed by atoms with Crippen LogP contribution >= 0.6 is 0 Å². The molecular formula is C15H17N5. The van der Waals surface area contributed by atoms with Gasteiger partial charge in [0, 0.05) is 24.5 Å². The largest absolute Gasteiger partial charge is 0.399 e. The Labute approximate surface area is 118 Å². The molecule has 0 radical (unpaired) electrons. The van der Waals surface area contributed by atoms with Gasteiger partial charge in [0.2, 0.25) is 5.95 Å². The number of rotatable bonds is 4. The van der Waals surface area contributed by atoms with E-state index in [9.17, 15) is 0 Å². The molecule has 1 aromatic carbocycles. The van der Waals surface area contributed by atoms with Gasteiger partial charge in [0.25, 0.3) is 0 Å². The fraction of sp³-hybridized carbons (Fsp3) is 0.267. The zero-order valence-electron chi connectivity index (χ0n) is 11.6. The summed E-state index contributed by atoms with van der Waals surface area (Å²) in [6.07, 6.45) is 1.61. The second-order valence-electron chi connectivity index (χ2n) is 4.82. The summed E-state index contributed by atoms with van der Waals surface area (Å²) in [5.74, 6) is 0.557. The first-order valence-electron chi connectivity index (χ1n) is 6.44. The van der Waals surface area contributed by atoms with Gasteiger partial charge in [0.1, 0.15) is 11.8 Å². The number of hydrogen-bond acceptors (Lipinski definition) is 5. The SMILES string of the molecule is CC(C)N(Cc1cccc(N)c1)c1nccc(C#N)n1. The molecule has 102 valence electrons. The molecule has 0 saturated carbocycles. The molecule has 0 unspecified atom stereocenters. The van der Waals surface area contributed by atoms with Crippen LogP contribution in [0.4, 0.5) is 11.6 Å². The molecule has 5 heteroatoms. The van der Waals surface area contributed by atoms with Crippen LogP contribution in [0.25, 0.3) is 0 Å². The van der Waals surface area contributed by atoms with Gasteiger partial charge in [0.05, 0.1) is 0 Å². The van der Waals surface area contributed by atoms with Gasteiger partial charge in [-0.1, -0.05) is 12.1 Å². The molecule has 0 fully saturated rings. The lowest BCUT2D eigenvalue weighted by atomic mass is 10.1. The summed E-state index contributed by atoms with van der Waals surface area (Å²) in [5, 5.41) is 8.93. The number of aromatic nitrogens is 2. The van der Waals surface area contributed by atoms with E-state index in [2.05, 4.69) is 23.8 Å². The van der Waals surface area contributed by atoms with Crippen molar-refractivity contribution in [2.45, 2.75) is 26.4 Å². The van der Waals surface area contributed by atoms with Gasteiger partial charge >= 0.3 is 0 Å². The highest BCUT2D eigenvalue weighted by Crippen LogP contribution is 2.17. The number of benzene rings is 1. The zero-order chi connectivity index (χ0) is 14.5. The van der Waals surface area contributed by atoms with E-state index >= 15 is 0 Å². The Hall–Kier alpha value is -2.61. The van der Waals surface area contributed by atoms with Crippen LogP contribution in [0, 0.1) is 11.3 Å². The van der Waals surface area contributed by atoms with Gasteiger partial charge in [0.15, 0.2) is 0 Å². The normalized spacial score (nSPS) is 10.3. The average molecular weight is 267 g/mol. The fourth-order valence-corrected chi connectivity index (χ4v) is 1.92. The Bertz CT molecular complexity index is 630. The third-order valence-corrected chi connectivity index (χ3v) is 2.94. The number of nitriles is 1. The summed E-state index contributed by atoms with van der Waals surface area (Å²) < 4.78 is 0. The molecule has 5 nitrogen and oxygen atoms in total. The summed E-state index contributed by atoms with van der Waals surface area (Å²) in [5.41, 5.74) is 7.99. The molecule has 2 rings (SSSR count). The van der Waals surface area contributed by atoms with Crippen LogP contribution in [0.15, 0.2) is 36.5 Å². The highest BCUT2D eigenvalue weighted by molar-refractivity contribution is 5.43. The van der Waals surface area contributed by atoms with Crippen molar-refractivity contribution in [3.63, 3.8) is 0 Å². The molecule has 0 saturated heterocycles. The first-order chi connectivity index (χ1) is 9.60. The molecule has 0 aliphatic heterocycles. The van der Waals surface area contributed by atoms with E-state index in [0.29, 0.717) is 18.2 Å². The summed E-state index contributed by atoms with van der Waals surface area (Å²) in [6.45, 7) is 4.78. The van der Waals surface area contributed by atoms with Crippen molar-refractivity contribution in [2.75, 3.05) is 10.6 Å². The predicted octanol–water partition coefficient (Wildman–Crippen LogP) is 2.35. The fourth-order valence-electron chi connectivity index (χ4n) is 1.92. The Morgan fingerprint density at radius 2 is 2.15 bits per heavy atom. The van der Waals surface area contributed by atoms with E-state index in [1.54, 1.807) is 12.3 Å². The minimum atomic E-state index is 0.213. The highest BCUT2D eigenvalue weighted by atomic mass is 15.3. The van der Waals surface area contributed by atoms with Crippen molar-refractivity contribution < 1.29 is 0 Å². The van der Waals surface area contributed by atoms with Crippen LogP contribution in [0.5, 0.6) is 0 Å². The molecule has 1 aromatic heterocycles. The molecule has 0 aliphatic carbocycles. The molecule has 0 atom stereocenters. The Morgan fingerprint density at radius 1 is 1.35 bits per heavy atom. The third kappa shape index (κ3) is 3.23. The molecule has 2 aromatic rings. The smallest absolute Gasteiger partial charge is 0.227 e. The van der Waals surface area contributed by atoms with Crippen molar-refractivity contribution in [1.29, 1.82) is 5.26 Å². The average Bonchev–Trinajstić information content (AvgIpc) is 2.44. The van der Waals surface area contributed by atoms with E-state index in [0.717, 1.165) is 11.3 Å². The van der Waals surface area contributed by atoms with E-state index in [-0.39, 0.29) is 6.04 Å². The summed E-state index contributed by atoms with van der Waals surface area (Å²) in [4.78, 5) is 10.6. The molecule has 0 spiro atoms. The third-order valence-electron chi connectivity index (χ3n) is 2.94. The highest BCUT2D eigenvalue weighted by Gasteiger charge is 2.14. The molecular weight excluding hydrogens is 250 g/mol. The molecule has 0 amide bonds. The maximum Gasteiger partial charge on any atom is 0.227 e. The monoisotopic (exact) mass is 267 g/mol. The first kappa shape index (κ1) is 13.8. The van der Waals surface area contributed by atoms with Gasteiger partial charge in [-0.25, -0.2) is 9.97 Å². The minimum absolute atomic E-state index is 0.213. The van der Waals surface area contributed by atoms with Gasteiger partial charge in [-0.05, 0) is 37.6 Å². The van der Waals surface area contributed by atoms with Crippen LogP contribution in [0.2, 0.25) is 0 Å². The lowest BCUT2D eigenvalue weighted by Crippen LogP contribution is -2.31. The lowest BCUT2D eigenvalue weighted by molar-refractivity contribution is 0.660. The topological polar surface area (TPSA) is 78.8 Å². The van der Waals surface area contributed by atoms with Crippen molar-refractivity contribution in [3.8, 4) is 6.07 Å². The molecule has 20 heavy (non-hydrogen) atoms. The van der Waals surface area contributed by atoms with Crippen molar-refractivity contribution in [3.05, 3.63) is 47.8 Å². The molecule has 0 aliphatic rings. The van der Waals surface area contributed by atoms with Gasteiger partial charge in [-0.2, -0.15) is 5.26 Å². The van der Waals surface area contributed by atoms with Crippen molar-refractivity contribution >= 4 is 11.6 Å². The molecule has 0 bridgehead atoms. The van der Waals surface area contributed by atoms with E-state index in [1.807, 2.05) is 35.2 Å². The Balaban J connectivity index is 2.29. The standard InChI is InChI=1S/C15H17N5/c1-11(2)20(10-12-4-3-5-13(17)8-12)15-18-7-6-14(9-16)19-15/h3-8,11H,10,17H2,1-2H3. The maximum absolute atomic E-state index is 8.93. The number of nitrogen functional groups attached to an aromatic ring is 1. The number of anilines is 2. The van der Waals surface area contributed by atoms with Gasteiger partial charge < -0.3 is 10.6 Å². The number of nitrogens with two attached hydrogens (primary N) is 1. The quantitative estimate of drug-likeness (QED) is 0.860. The Kier molecular flexibility index (Phi) is 4.16. The maximum atomic E-state index is 8.93. The summed E-state index contributed by atoms with van der Waals surface area (Å²) in [6, 6.07) is 11.6. The number of hydrogen-bond donors (Lipinski definition) is 1. The first-order valence-corrected chi connectivity index (χ1v) is 6.44. The predicted molar refractivity (Wildman–Crippen MR) is 78.9 cm³/mol. The van der Waals surface area contributed by atoms with Crippen LogP contribution in [-0.4, -0.2) is 16.0 Å². The van der Waals surface area contributed by atoms with Crippen LogP contribution < -0.4 is 10.6 Å². The summed E-state index contributed by atoms with van der Waals surface area (Å²) in [7, 11) is 0. The summed E-state index contributed by atoms with van der Waals surface area (Å²) >= 11 is 0. The second kappa shape index (κ2) is 6.02. The molecule has 2 N–H and O–H groups in total. The minimum Gasteiger partial charge on any atom is -0.399 e. The lowest BCUT2D eigenvalue weighted by Gasteiger charge is -2.26. The van der Waals surface area contributed by atoms with E-state index in [4.69, 9.17) is 11.0 Å². The van der Waals surface area contributed by atoms with Crippen molar-refractivity contribution in [2.24, 2.45) is 0 Å². The van der Waals surface area contributed by atoms with Gasteiger partial charge in [-0.15, -0.1) is 0 Å². The van der Waals surface area contributed by atoms with Crippen molar-refractivity contribution in [1.82, 2.24) is 9.97 Å². The number of nitrogens with zero attached hydrogens (tertiary/aromatic N) is 4. The van der Waals surface area contributed by atoms with Crippen LogP contribution in [-0.2, 0) is 6.54 Å². The van der Waals surface area contributed by atoms with Gasteiger partial charge in [-0.3, -0.25) is 0 Å². The second-order valence-corrected chi connectivity index (χ2v) is 4.82. The molecule has 1 heterocycles. The zero-order valence-corrected chi connectivity index (χ0v) is 11.6. The Morgan fingerprint density at radius 3 is 2.80 bits per heavy atom. The van der Waals surface area contributed by atoms with Crippen LogP contribution in [0.3, 0.4) is 0 Å². The van der Waals surface area contributed by atoms with E-state index < -0.39 is 0 Å². The van der Waals surface area contributed by atoms with Crippen LogP contribution in [0.1, 0.15) is 25.1 Å².